The van der Waals surface area contributed by atoms with Crippen molar-refractivity contribution in [3.05, 3.63) is 83.2 Å². The molecule has 4 rings (SSSR count). The van der Waals surface area contributed by atoms with E-state index in [9.17, 15) is 4.39 Å². The summed E-state index contributed by atoms with van der Waals surface area (Å²) in [4.78, 5) is 0. The topological polar surface area (TPSA) is 0 Å². The lowest BCUT2D eigenvalue weighted by Gasteiger charge is -2.25. The molecule has 1 saturated carbocycles. The Morgan fingerprint density at radius 3 is 2.21 bits per heavy atom. The van der Waals surface area contributed by atoms with Gasteiger partial charge in [-0.15, -0.1) is 12.3 Å². The Balaban J connectivity index is 1.35. The van der Waals surface area contributed by atoms with E-state index in [2.05, 4.69) is 42.0 Å². The Labute approximate surface area is 173 Å². The minimum atomic E-state index is -0.211. The van der Waals surface area contributed by atoms with Crippen LogP contribution >= 0.6 is 0 Å². The predicted octanol–water partition coefficient (Wildman–Crippen LogP) is 6.75. The summed E-state index contributed by atoms with van der Waals surface area (Å²) in [6.07, 6.45) is 12.9. The van der Waals surface area contributed by atoms with E-state index in [0.29, 0.717) is 5.92 Å². The highest BCUT2D eigenvalue weighted by atomic mass is 19.1. The fraction of sp³-hybridized carbons (Fsp3) is 0.286. The average molecular weight is 381 g/mol. The SMILES string of the molecule is C#CC1CCC(CCc2ccc(C#Cc3ccc4cc(F)ccc4c3)cc2)CC1. The summed E-state index contributed by atoms with van der Waals surface area (Å²) in [6.45, 7) is 0. The molecule has 0 aromatic heterocycles. The summed E-state index contributed by atoms with van der Waals surface area (Å²) >= 11 is 0. The molecule has 0 radical (unpaired) electrons. The van der Waals surface area contributed by atoms with Crippen molar-refractivity contribution in [2.24, 2.45) is 11.8 Å². The molecule has 0 unspecified atom stereocenters. The van der Waals surface area contributed by atoms with Gasteiger partial charge in [-0.1, -0.05) is 36.1 Å². The van der Waals surface area contributed by atoms with Crippen LogP contribution in [0.15, 0.2) is 60.7 Å². The number of hydrogen-bond donors (Lipinski definition) is 0. The number of aryl methyl sites for hydroxylation is 1. The number of terminal acetylenes is 1. The Hall–Kier alpha value is -3.03. The van der Waals surface area contributed by atoms with Gasteiger partial charge in [-0.05, 0) is 97.2 Å². The highest BCUT2D eigenvalue weighted by Gasteiger charge is 2.19. The van der Waals surface area contributed by atoms with Crippen molar-refractivity contribution in [1.29, 1.82) is 0 Å². The van der Waals surface area contributed by atoms with E-state index >= 15 is 0 Å². The molecule has 0 aliphatic heterocycles. The quantitative estimate of drug-likeness (QED) is 0.441. The van der Waals surface area contributed by atoms with Crippen LogP contribution in [0.1, 0.15) is 48.8 Å². The molecule has 0 N–H and O–H groups in total. The van der Waals surface area contributed by atoms with Crippen molar-refractivity contribution < 1.29 is 4.39 Å². The molecule has 0 atom stereocenters. The van der Waals surface area contributed by atoms with Crippen molar-refractivity contribution >= 4 is 10.8 Å². The molecule has 0 spiro atoms. The van der Waals surface area contributed by atoms with Gasteiger partial charge in [0.2, 0.25) is 0 Å². The van der Waals surface area contributed by atoms with Crippen LogP contribution in [-0.4, -0.2) is 0 Å². The van der Waals surface area contributed by atoms with Crippen LogP contribution in [0.2, 0.25) is 0 Å². The van der Waals surface area contributed by atoms with E-state index in [1.54, 1.807) is 12.1 Å². The minimum absolute atomic E-state index is 0.211. The van der Waals surface area contributed by atoms with Gasteiger partial charge >= 0.3 is 0 Å². The lowest BCUT2D eigenvalue weighted by molar-refractivity contribution is 0.302. The molecule has 1 aliphatic rings. The lowest BCUT2D eigenvalue weighted by Crippen LogP contribution is -2.13. The van der Waals surface area contributed by atoms with Gasteiger partial charge < -0.3 is 0 Å². The van der Waals surface area contributed by atoms with Gasteiger partial charge in [0.15, 0.2) is 0 Å². The van der Waals surface area contributed by atoms with Gasteiger partial charge in [-0.3, -0.25) is 0 Å². The van der Waals surface area contributed by atoms with Crippen LogP contribution < -0.4 is 0 Å². The van der Waals surface area contributed by atoms with E-state index in [0.717, 1.165) is 34.2 Å². The molecule has 0 heterocycles. The third-order valence-electron chi connectivity index (χ3n) is 6.03. The normalized spacial score (nSPS) is 18.6. The van der Waals surface area contributed by atoms with E-state index < -0.39 is 0 Å². The van der Waals surface area contributed by atoms with Crippen molar-refractivity contribution in [3.8, 4) is 24.2 Å². The van der Waals surface area contributed by atoms with Crippen molar-refractivity contribution in [2.45, 2.75) is 38.5 Å². The molecule has 0 saturated heterocycles. The van der Waals surface area contributed by atoms with Gasteiger partial charge in [0.05, 0.1) is 0 Å². The zero-order valence-corrected chi connectivity index (χ0v) is 16.6. The number of rotatable bonds is 3. The third-order valence-corrected chi connectivity index (χ3v) is 6.03. The van der Waals surface area contributed by atoms with Crippen LogP contribution in [0.25, 0.3) is 10.8 Å². The zero-order chi connectivity index (χ0) is 20.1. The highest BCUT2D eigenvalue weighted by molar-refractivity contribution is 5.83. The Morgan fingerprint density at radius 2 is 1.45 bits per heavy atom. The maximum Gasteiger partial charge on any atom is 0.123 e. The van der Waals surface area contributed by atoms with Crippen molar-refractivity contribution in [2.75, 3.05) is 0 Å². The van der Waals surface area contributed by atoms with Gasteiger partial charge in [-0.25, -0.2) is 4.39 Å². The summed E-state index contributed by atoms with van der Waals surface area (Å²) < 4.78 is 13.3. The fourth-order valence-corrected chi connectivity index (χ4v) is 4.18. The second-order valence-electron chi connectivity index (χ2n) is 8.08. The first kappa shape index (κ1) is 19.3. The highest BCUT2D eigenvalue weighted by Crippen LogP contribution is 2.31. The van der Waals surface area contributed by atoms with Crippen LogP contribution in [0, 0.1) is 41.8 Å². The second kappa shape index (κ2) is 8.98. The lowest BCUT2D eigenvalue weighted by atomic mass is 9.80. The molecule has 1 fully saturated rings. The number of benzene rings is 3. The molecule has 3 aromatic carbocycles. The largest absolute Gasteiger partial charge is 0.207 e. The third kappa shape index (κ3) is 5.07. The summed E-state index contributed by atoms with van der Waals surface area (Å²) in [6, 6.07) is 19.3. The fourth-order valence-electron chi connectivity index (χ4n) is 4.18. The molecule has 3 aromatic rings. The molecular formula is C28H25F. The monoisotopic (exact) mass is 380 g/mol. The summed E-state index contributed by atoms with van der Waals surface area (Å²) in [5, 5.41) is 1.90. The van der Waals surface area contributed by atoms with Crippen LogP contribution in [0.3, 0.4) is 0 Å². The second-order valence-corrected chi connectivity index (χ2v) is 8.08. The Kier molecular flexibility index (Phi) is 5.97. The molecule has 144 valence electrons. The van der Waals surface area contributed by atoms with E-state index in [1.807, 2.05) is 18.2 Å². The molecule has 29 heavy (non-hydrogen) atoms. The van der Waals surface area contributed by atoms with Crippen molar-refractivity contribution in [1.82, 2.24) is 0 Å². The first-order valence-electron chi connectivity index (χ1n) is 10.5. The number of hydrogen-bond acceptors (Lipinski definition) is 0. The zero-order valence-electron chi connectivity index (χ0n) is 16.6. The first-order valence-corrected chi connectivity index (χ1v) is 10.5. The maximum atomic E-state index is 13.3. The van der Waals surface area contributed by atoms with E-state index in [4.69, 9.17) is 6.42 Å². The van der Waals surface area contributed by atoms with Crippen LogP contribution in [0.4, 0.5) is 4.39 Å². The van der Waals surface area contributed by atoms with E-state index in [1.165, 1.54) is 43.7 Å². The summed E-state index contributed by atoms with van der Waals surface area (Å²) in [5.41, 5.74) is 3.33. The van der Waals surface area contributed by atoms with Gasteiger partial charge in [0.25, 0.3) is 0 Å². The smallest absolute Gasteiger partial charge is 0.123 e. The van der Waals surface area contributed by atoms with Gasteiger partial charge in [-0.2, -0.15) is 0 Å². The van der Waals surface area contributed by atoms with Crippen molar-refractivity contribution in [3.63, 3.8) is 0 Å². The van der Waals surface area contributed by atoms with E-state index in [-0.39, 0.29) is 5.82 Å². The molecular weight excluding hydrogens is 355 g/mol. The van der Waals surface area contributed by atoms with Crippen LogP contribution in [0.5, 0.6) is 0 Å². The molecule has 1 heteroatoms. The molecule has 0 nitrogen and oxygen atoms in total. The summed E-state index contributed by atoms with van der Waals surface area (Å²) in [5.74, 6) is 10.5. The predicted molar refractivity (Wildman–Crippen MR) is 119 cm³/mol. The Morgan fingerprint density at radius 1 is 0.793 bits per heavy atom. The van der Waals surface area contributed by atoms with Gasteiger partial charge in [0, 0.05) is 17.0 Å². The maximum absolute atomic E-state index is 13.3. The molecule has 0 bridgehead atoms. The molecule has 0 amide bonds. The first-order chi connectivity index (χ1) is 14.2. The standard InChI is InChI=1S/C28H25F/c1-2-21-3-5-22(6-4-21)7-8-23-9-11-24(12-10-23)13-14-25-15-16-27-20-28(29)18-17-26(27)19-25/h1,9-12,15-22H,3-8H2. The minimum Gasteiger partial charge on any atom is -0.207 e. The number of halogens is 1. The number of fused-ring (bicyclic) bond motifs is 1. The Bertz CT molecular complexity index is 1080. The average Bonchev–Trinajstić information content (AvgIpc) is 2.77. The molecule has 1 aliphatic carbocycles. The van der Waals surface area contributed by atoms with Crippen LogP contribution in [-0.2, 0) is 6.42 Å². The van der Waals surface area contributed by atoms with Gasteiger partial charge in [0.1, 0.15) is 5.82 Å². The summed E-state index contributed by atoms with van der Waals surface area (Å²) in [7, 11) is 0.